The van der Waals surface area contributed by atoms with E-state index in [9.17, 15) is 9.90 Å². The van der Waals surface area contributed by atoms with E-state index in [0.29, 0.717) is 4.42 Å². The van der Waals surface area contributed by atoms with Crippen LogP contribution in [-0.2, 0) is 0 Å². The number of carbonyl (C=O) groups is 1. The molecule has 0 bridgehead atoms. The van der Waals surface area contributed by atoms with Gasteiger partial charge in [-0.1, -0.05) is 0 Å². The number of carboxylic acid groups (broad SMARTS) is 1. The van der Waals surface area contributed by atoms with Crippen molar-refractivity contribution in [2.45, 2.75) is 26.3 Å². The van der Waals surface area contributed by atoms with Crippen molar-refractivity contribution in [1.29, 1.82) is 0 Å². The molecule has 3 nitrogen and oxygen atoms in total. The number of rotatable bonds is 0. The molecule has 0 aromatic carbocycles. The van der Waals surface area contributed by atoms with Crippen molar-refractivity contribution in [3.8, 4) is 0 Å². The Kier molecular flexibility index (Phi) is 5.85. The van der Waals surface area contributed by atoms with Crippen molar-refractivity contribution in [3.63, 3.8) is 0 Å². The summed E-state index contributed by atoms with van der Waals surface area (Å²) in [4.78, 5) is 10.0. The molecular weight excluding hydrogens is 165 g/mol. The molecule has 10 heavy (non-hydrogen) atoms. The molecule has 0 aliphatic heterocycles. The first-order valence-corrected chi connectivity index (χ1v) is 2.86. The molecule has 0 atom stereocenters. The van der Waals surface area contributed by atoms with Crippen molar-refractivity contribution < 1.29 is 39.5 Å². The van der Waals surface area contributed by atoms with E-state index in [4.69, 9.17) is 11.8 Å². The van der Waals surface area contributed by atoms with Crippen LogP contribution in [-0.4, -0.2) is 16.1 Å². The van der Waals surface area contributed by atoms with Gasteiger partial charge in [-0.05, 0) is 20.8 Å². The molecule has 0 radical (unpaired) electrons. The van der Waals surface area contributed by atoms with E-state index >= 15 is 0 Å². The zero-order chi connectivity index (χ0) is 7.65. The summed E-state index contributed by atoms with van der Waals surface area (Å²) >= 11 is 5.26. The van der Waals surface area contributed by atoms with E-state index in [0.717, 1.165) is 0 Å². The van der Waals surface area contributed by atoms with E-state index in [-0.39, 0.29) is 29.6 Å². The van der Waals surface area contributed by atoms with Crippen LogP contribution in [0.5, 0.6) is 0 Å². The molecule has 0 saturated heterocycles. The summed E-state index contributed by atoms with van der Waals surface area (Å²) in [6.07, 6.45) is -1.37. The Morgan fingerprint density at radius 1 is 1.50 bits per heavy atom. The first-order chi connectivity index (χ1) is 3.85. The molecule has 5 heteroatoms. The zero-order valence-corrected chi connectivity index (χ0v) is 9.40. The van der Waals surface area contributed by atoms with Crippen LogP contribution in [0.3, 0.4) is 0 Å². The molecule has 0 saturated carbocycles. The molecule has 0 unspecified atom stereocenters. The number of carbonyl (C=O) groups excluding carboxylic acids is 1. The summed E-state index contributed by atoms with van der Waals surface area (Å²) in [5.41, 5.74) is -0.583. The summed E-state index contributed by atoms with van der Waals surface area (Å²) in [5, 5.41) is 10.0. The van der Waals surface area contributed by atoms with Crippen molar-refractivity contribution >= 4 is 17.9 Å². The van der Waals surface area contributed by atoms with Crippen LogP contribution < -0.4 is 34.7 Å². The van der Waals surface area contributed by atoms with Crippen LogP contribution in [0.15, 0.2) is 0 Å². The van der Waals surface area contributed by atoms with Crippen molar-refractivity contribution in [1.82, 2.24) is 4.42 Å². The summed E-state index contributed by atoms with van der Waals surface area (Å²) in [6, 6.07) is 0. The molecule has 0 spiro atoms. The van der Waals surface area contributed by atoms with E-state index < -0.39 is 11.6 Å². The van der Waals surface area contributed by atoms with Gasteiger partial charge in [0.15, 0.2) is 6.09 Å². The predicted molar refractivity (Wildman–Crippen MR) is 32.8 cm³/mol. The second-order valence-corrected chi connectivity index (χ2v) is 3.06. The standard InChI is InChI=1S/C5H10ClNO2.Na/c1-5(2,3)7(6)4(8)9;/h1-3H3,(H,8,9);/q;+1/p-1. The molecule has 0 fully saturated rings. The average molecular weight is 174 g/mol. The van der Waals surface area contributed by atoms with E-state index in [1.807, 2.05) is 0 Å². The molecular formula is C5H9ClNNaO2. The summed E-state index contributed by atoms with van der Waals surface area (Å²) in [6.45, 7) is 5.03. The predicted octanol–water partition coefficient (Wildman–Crippen LogP) is -2.41. The molecule has 54 valence electrons. The number of halogens is 1. The van der Waals surface area contributed by atoms with Crippen LogP contribution in [0.2, 0.25) is 0 Å². The van der Waals surface area contributed by atoms with Gasteiger partial charge < -0.3 is 9.90 Å². The van der Waals surface area contributed by atoms with Gasteiger partial charge in [-0.15, -0.1) is 0 Å². The van der Waals surface area contributed by atoms with Gasteiger partial charge in [-0.25, -0.2) is 0 Å². The maximum absolute atomic E-state index is 10.0. The Hall–Kier alpha value is 0.560. The fourth-order valence-electron chi connectivity index (χ4n) is 0.274. The van der Waals surface area contributed by atoms with Gasteiger partial charge >= 0.3 is 29.6 Å². The van der Waals surface area contributed by atoms with Crippen molar-refractivity contribution in [2.75, 3.05) is 0 Å². The van der Waals surface area contributed by atoms with Crippen LogP contribution in [0, 0.1) is 0 Å². The number of hydrogen-bond acceptors (Lipinski definition) is 2. The normalized spacial score (nSPS) is 10.0. The van der Waals surface area contributed by atoms with Gasteiger partial charge in [0.2, 0.25) is 0 Å². The summed E-state index contributed by atoms with van der Waals surface area (Å²) in [7, 11) is 0. The SMILES string of the molecule is CC(C)(C)N(Cl)C(=O)[O-].[Na+]. The molecule has 1 amide bonds. The minimum atomic E-state index is -1.37. The van der Waals surface area contributed by atoms with Gasteiger partial charge in [0.25, 0.3) is 0 Å². The molecule has 0 aromatic rings. The number of amides is 1. The maximum Gasteiger partial charge on any atom is 1.00 e. The topological polar surface area (TPSA) is 43.4 Å². The third-order valence-electron chi connectivity index (χ3n) is 0.749. The molecule has 0 rings (SSSR count). The maximum atomic E-state index is 10.0. The average Bonchev–Trinajstić information content (AvgIpc) is 1.62. The van der Waals surface area contributed by atoms with Gasteiger partial charge in [-0.3, -0.25) is 4.42 Å². The largest absolute Gasteiger partial charge is 1.00 e. The van der Waals surface area contributed by atoms with Gasteiger partial charge in [0.05, 0.1) is 0 Å². The summed E-state index contributed by atoms with van der Waals surface area (Å²) in [5.74, 6) is 0. The molecule has 0 N–H and O–H groups in total. The fourth-order valence-corrected chi connectivity index (χ4v) is 0.274. The Balaban J connectivity index is 0. The van der Waals surface area contributed by atoms with Gasteiger partial charge in [0, 0.05) is 17.3 Å². The van der Waals surface area contributed by atoms with Crippen LogP contribution >= 0.6 is 11.8 Å². The van der Waals surface area contributed by atoms with Gasteiger partial charge in [0.1, 0.15) is 0 Å². The van der Waals surface area contributed by atoms with Crippen molar-refractivity contribution in [2.24, 2.45) is 0 Å². The third kappa shape index (κ3) is 4.39. The Bertz CT molecular complexity index is 123. The van der Waals surface area contributed by atoms with Crippen LogP contribution in [0.1, 0.15) is 20.8 Å². The third-order valence-corrected chi connectivity index (χ3v) is 1.39. The van der Waals surface area contributed by atoms with Crippen molar-refractivity contribution in [3.05, 3.63) is 0 Å². The monoisotopic (exact) mass is 173 g/mol. The molecule has 0 aromatic heterocycles. The van der Waals surface area contributed by atoms with Crippen LogP contribution in [0.4, 0.5) is 4.79 Å². The Morgan fingerprint density at radius 2 is 1.80 bits per heavy atom. The quantitative estimate of drug-likeness (QED) is 0.303. The van der Waals surface area contributed by atoms with E-state index in [2.05, 4.69) is 0 Å². The van der Waals surface area contributed by atoms with E-state index in [1.54, 1.807) is 20.8 Å². The molecule has 0 aliphatic carbocycles. The second-order valence-electron chi connectivity index (χ2n) is 2.72. The van der Waals surface area contributed by atoms with Gasteiger partial charge in [-0.2, -0.15) is 0 Å². The molecule has 0 heterocycles. The minimum Gasteiger partial charge on any atom is -0.529 e. The number of hydrogen-bond donors (Lipinski definition) is 0. The first kappa shape index (κ1) is 13.2. The smallest absolute Gasteiger partial charge is 0.529 e. The minimum absolute atomic E-state index is 0. The van der Waals surface area contributed by atoms with Crippen LogP contribution in [0.25, 0.3) is 0 Å². The fraction of sp³-hybridized carbons (Fsp3) is 0.800. The Labute approximate surface area is 87.7 Å². The zero-order valence-electron chi connectivity index (χ0n) is 6.64. The van der Waals surface area contributed by atoms with E-state index in [1.165, 1.54) is 0 Å². The summed E-state index contributed by atoms with van der Waals surface area (Å²) < 4.78 is 0.632. The number of nitrogens with zero attached hydrogens (tertiary/aromatic N) is 1. The second kappa shape index (κ2) is 4.44. The molecule has 0 aliphatic rings. The Morgan fingerprint density at radius 3 is 1.80 bits per heavy atom. The first-order valence-electron chi connectivity index (χ1n) is 2.52.